The number of rotatable bonds is 3. The third kappa shape index (κ3) is 2.89. The molecule has 0 unspecified atom stereocenters. The van der Waals surface area contributed by atoms with Gasteiger partial charge in [-0.2, -0.15) is 0 Å². The summed E-state index contributed by atoms with van der Waals surface area (Å²) < 4.78 is 7.49. The molecule has 4 rings (SSSR count). The van der Waals surface area contributed by atoms with Gasteiger partial charge in [0.2, 0.25) is 0 Å². The Kier molecular flexibility index (Phi) is 4.23. The van der Waals surface area contributed by atoms with E-state index in [9.17, 15) is 0 Å². The summed E-state index contributed by atoms with van der Waals surface area (Å²) >= 11 is 0. The van der Waals surface area contributed by atoms with Gasteiger partial charge in [-0.1, -0.05) is 18.2 Å². The number of allylic oxidation sites excluding steroid dienone is 5. The summed E-state index contributed by atoms with van der Waals surface area (Å²) in [6, 6.07) is 15.1. The van der Waals surface area contributed by atoms with Gasteiger partial charge in [-0.25, -0.2) is 4.58 Å². The highest BCUT2D eigenvalue weighted by atomic mass is 16.5. The smallest absolute Gasteiger partial charge is 0.200 e. The molecule has 27 heavy (non-hydrogen) atoms. The predicted octanol–water partition coefficient (Wildman–Crippen LogP) is 4.24. The van der Waals surface area contributed by atoms with Crippen LogP contribution < -0.4 is 9.64 Å². The summed E-state index contributed by atoms with van der Waals surface area (Å²) in [5.41, 5.74) is 10.1. The third-order valence-corrected chi connectivity index (χ3v) is 5.25. The number of methoxy groups -OCH3 is 1. The van der Waals surface area contributed by atoms with Crippen molar-refractivity contribution < 1.29 is 9.31 Å². The predicted molar refractivity (Wildman–Crippen MR) is 114 cm³/mol. The first-order valence-corrected chi connectivity index (χ1v) is 9.15. The van der Waals surface area contributed by atoms with Gasteiger partial charge in [0, 0.05) is 31.9 Å². The lowest BCUT2D eigenvalue weighted by molar-refractivity contribution is -0.462. The molecule has 3 heteroatoms. The van der Waals surface area contributed by atoms with Crippen molar-refractivity contribution in [2.45, 2.75) is 0 Å². The van der Waals surface area contributed by atoms with E-state index in [-0.39, 0.29) is 0 Å². The molecule has 2 aromatic rings. The van der Waals surface area contributed by atoms with Crippen molar-refractivity contribution in [3.63, 3.8) is 0 Å². The second-order valence-corrected chi connectivity index (χ2v) is 7.35. The maximum Gasteiger partial charge on any atom is 0.200 e. The van der Waals surface area contributed by atoms with Crippen LogP contribution in [0.2, 0.25) is 0 Å². The van der Waals surface area contributed by atoms with Gasteiger partial charge in [0.25, 0.3) is 0 Å². The first-order chi connectivity index (χ1) is 13.0. The minimum absolute atomic E-state index is 0.878. The van der Waals surface area contributed by atoms with Gasteiger partial charge in [-0.3, -0.25) is 0 Å². The maximum absolute atomic E-state index is 5.33. The molecular formula is C24H25N2O+. The molecule has 0 aromatic heterocycles. The highest BCUT2D eigenvalue weighted by molar-refractivity contribution is 6.18. The minimum Gasteiger partial charge on any atom is -0.497 e. The fraction of sp³-hybridized carbons (Fsp3) is 0.208. The van der Waals surface area contributed by atoms with Gasteiger partial charge in [-0.05, 0) is 63.8 Å². The first-order valence-electron chi connectivity index (χ1n) is 9.15. The van der Waals surface area contributed by atoms with Crippen molar-refractivity contribution in [2.75, 3.05) is 40.2 Å². The number of ether oxygens (including phenoxy) is 1. The van der Waals surface area contributed by atoms with Crippen molar-refractivity contribution in [2.24, 2.45) is 0 Å². The molecule has 136 valence electrons. The summed E-state index contributed by atoms with van der Waals surface area (Å²) in [6.07, 6.45) is 6.74. The molecule has 0 amide bonds. The Morgan fingerprint density at radius 2 is 1.63 bits per heavy atom. The number of nitrogens with zero attached hydrogens (tertiary/aromatic N) is 2. The average molecular weight is 357 g/mol. The van der Waals surface area contributed by atoms with E-state index in [1.807, 2.05) is 12.1 Å². The molecule has 0 saturated carbocycles. The number of benzene rings is 2. The van der Waals surface area contributed by atoms with Crippen LogP contribution in [0.5, 0.6) is 5.75 Å². The summed E-state index contributed by atoms with van der Waals surface area (Å²) in [6.45, 7) is 0. The van der Waals surface area contributed by atoms with Crippen LogP contribution in [0.4, 0.5) is 5.69 Å². The van der Waals surface area contributed by atoms with Crippen molar-refractivity contribution in [1.82, 2.24) is 0 Å². The van der Waals surface area contributed by atoms with Crippen LogP contribution in [0.3, 0.4) is 0 Å². The van der Waals surface area contributed by atoms with Crippen molar-refractivity contribution >= 4 is 22.5 Å². The van der Waals surface area contributed by atoms with Crippen molar-refractivity contribution in [3.8, 4) is 5.75 Å². The largest absolute Gasteiger partial charge is 0.497 e. The Labute approximate surface area is 161 Å². The number of hydrogen-bond acceptors (Lipinski definition) is 2. The van der Waals surface area contributed by atoms with Gasteiger partial charge in [0.15, 0.2) is 5.71 Å². The van der Waals surface area contributed by atoms with Gasteiger partial charge < -0.3 is 9.64 Å². The van der Waals surface area contributed by atoms with Crippen molar-refractivity contribution in [1.29, 1.82) is 0 Å². The van der Waals surface area contributed by atoms with Crippen LogP contribution in [0.15, 0.2) is 66.3 Å². The summed E-state index contributed by atoms with van der Waals surface area (Å²) in [5, 5.41) is 0. The molecule has 0 atom stereocenters. The SMILES string of the molecule is COc1ccc(C2=C3C=CC(=[N+](C)C)C=C3c3cc(N(C)C)ccc32)cc1. The van der Waals surface area contributed by atoms with E-state index in [4.69, 9.17) is 4.74 Å². The van der Waals surface area contributed by atoms with Gasteiger partial charge in [0.05, 0.1) is 7.11 Å². The Bertz CT molecular complexity index is 1030. The van der Waals surface area contributed by atoms with Crippen LogP contribution in [-0.4, -0.2) is 45.6 Å². The van der Waals surface area contributed by atoms with Crippen LogP contribution >= 0.6 is 0 Å². The Hall–Kier alpha value is -3.07. The number of fused-ring (bicyclic) bond motifs is 3. The Balaban J connectivity index is 1.95. The van der Waals surface area contributed by atoms with E-state index in [1.54, 1.807) is 7.11 Å². The molecule has 0 bridgehead atoms. The zero-order valence-corrected chi connectivity index (χ0v) is 16.6. The number of hydrogen-bond donors (Lipinski definition) is 0. The van der Waals surface area contributed by atoms with E-state index in [2.05, 4.69) is 86.2 Å². The fourth-order valence-corrected chi connectivity index (χ4v) is 3.72. The lowest BCUT2D eigenvalue weighted by Gasteiger charge is -2.15. The molecule has 0 heterocycles. The zero-order chi connectivity index (χ0) is 19.1. The lowest BCUT2D eigenvalue weighted by Crippen LogP contribution is -2.11. The maximum atomic E-state index is 5.33. The second kappa shape index (κ2) is 6.58. The zero-order valence-electron chi connectivity index (χ0n) is 16.6. The quantitative estimate of drug-likeness (QED) is 0.764. The molecule has 0 saturated heterocycles. The van der Waals surface area contributed by atoms with E-state index < -0.39 is 0 Å². The Morgan fingerprint density at radius 3 is 2.26 bits per heavy atom. The van der Waals surface area contributed by atoms with Crippen LogP contribution in [0.1, 0.15) is 16.7 Å². The molecule has 0 N–H and O–H groups in total. The van der Waals surface area contributed by atoms with Gasteiger partial charge in [-0.15, -0.1) is 0 Å². The lowest BCUT2D eigenvalue weighted by atomic mass is 9.95. The highest BCUT2D eigenvalue weighted by Crippen LogP contribution is 2.47. The molecule has 2 aromatic carbocycles. The topological polar surface area (TPSA) is 15.5 Å². The molecular weight excluding hydrogens is 332 g/mol. The van der Waals surface area contributed by atoms with Gasteiger partial charge in [0.1, 0.15) is 19.8 Å². The van der Waals surface area contributed by atoms with Crippen LogP contribution in [0, 0.1) is 0 Å². The fourth-order valence-electron chi connectivity index (χ4n) is 3.72. The molecule has 0 aliphatic heterocycles. The van der Waals surface area contributed by atoms with Crippen molar-refractivity contribution in [3.05, 3.63) is 83.0 Å². The monoisotopic (exact) mass is 357 g/mol. The standard InChI is InChI=1S/C24H25N2O/c1-25(2)17-8-12-20-22(14-17)23-15-18(26(3)4)9-13-21(23)24(20)16-6-10-19(27-5)11-7-16/h6-15H,1-5H3/q+1. The second-order valence-electron chi connectivity index (χ2n) is 7.35. The normalized spacial score (nSPS) is 14.7. The van der Waals surface area contributed by atoms with E-state index in [0.717, 1.165) is 5.75 Å². The summed E-state index contributed by atoms with van der Waals surface area (Å²) in [5.74, 6) is 0.878. The molecule has 3 nitrogen and oxygen atoms in total. The summed E-state index contributed by atoms with van der Waals surface area (Å²) in [4.78, 5) is 2.15. The number of anilines is 1. The molecule has 0 radical (unpaired) electrons. The highest BCUT2D eigenvalue weighted by Gasteiger charge is 2.29. The van der Waals surface area contributed by atoms with Gasteiger partial charge >= 0.3 is 0 Å². The third-order valence-electron chi connectivity index (χ3n) is 5.25. The molecule has 0 fully saturated rings. The summed E-state index contributed by atoms with van der Waals surface area (Å²) in [7, 11) is 10.0. The molecule has 0 spiro atoms. The van der Waals surface area contributed by atoms with E-state index in [1.165, 1.54) is 44.8 Å². The Morgan fingerprint density at radius 1 is 0.889 bits per heavy atom. The molecule has 2 aliphatic rings. The van der Waals surface area contributed by atoms with E-state index >= 15 is 0 Å². The average Bonchev–Trinajstić information content (AvgIpc) is 3.01. The van der Waals surface area contributed by atoms with Crippen LogP contribution in [-0.2, 0) is 0 Å². The molecule has 2 aliphatic carbocycles. The van der Waals surface area contributed by atoms with E-state index in [0.29, 0.717) is 0 Å². The first kappa shape index (κ1) is 17.3. The van der Waals surface area contributed by atoms with Crippen LogP contribution in [0.25, 0.3) is 11.1 Å². The minimum atomic E-state index is 0.878.